The van der Waals surface area contributed by atoms with Crippen molar-refractivity contribution in [3.8, 4) is 12.1 Å². The van der Waals surface area contributed by atoms with Crippen molar-refractivity contribution in [1.82, 2.24) is 0 Å². The minimum absolute atomic E-state index is 0.0238. The van der Waals surface area contributed by atoms with Crippen molar-refractivity contribution >= 4 is 33.3 Å². The Kier molecular flexibility index (Phi) is 8.17. The molecule has 0 amide bonds. The lowest BCUT2D eigenvalue weighted by Crippen LogP contribution is -2.28. The zero-order valence-corrected chi connectivity index (χ0v) is 28.9. The number of thioether (sulfide) groups is 2. The maximum Gasteiger partial charge on any atom is 0.136 e. The average Bonchev–Trinajstić information content (AvgIpc) is 3.70. The van der Waals surface area contributed by atoms with Crippen molar-refractivity contribution in [2.45, 2.75) is 99.7 Å². The molecular weight excluding hydrogens is 597 g/mol. The van der Waals surface area contributed by atoms with Gasteiger partial charge in [-0.1, -0.05) is 113 Å². The lowest BCUT2D eigenvalue weighted by Gasteiger charge is -2.34. The minimum atomic E-state index is -0.130. The van der Waals surface area contributed by atoms with Crippen LogP contribution >= 0.6 is 23.5 Å². The number of rotatable bonds is 8. The Hall–Kier alpha value is -3.70. The molecule has 4 aromatic rings. The zero-order chi connectivity index (χ0) is 32.1. The summed E-state index contributed by atoms with van der Waals surface area (Å²) >= 11 is 3.82. The first kappa shape index (κ1) is 30.9. The lowest BCUT2D eigenvalue weighted by atomic mass is 9.69. The predicted octanol–water partition coefficient (Wildman–Crippen LogP) is 9.82. The summed E-state index contributed by atoms with van der Waals surface area (Å²) in [4.78, 5) is 2.71. The highest BCUT2D eigenvalue weighted by molar-refractivity contribution is 8.32. The van der Waals surface area contributed by atoms with Gasteiger partial charge in [-0.15, -0.1) is 0 Å². The van der Waals surface area contributed by atoms with Gasteiger partial charge in [0.2, 0.25) is 0 Å². The Morgan fingerprint density at radius 1 is 0.565 bits per heavy atom. The molecule has 4 heteroatoms. The Morgan fingerprint density at radius 3 is 1.50 bits per heavy atom. The van der Waals surface area contributed by atoms with E-state index in [-0.39, 0.29) is 16.4 Å². The van der Waals surface area contributed by atoms with Gasteiger partial charge in [-0.25, -0.2) is 0 Å². The fraction of sp³-hybridized carbons (Fsp3) is 0.333. The van der Waals surface area contributed by atoms with E-state index in [9.17, 15) is 10.5 Å². The number of benzene rings is 4. The van der Waals surface area contributed by atoms with Crippen molar-refractivity contribution in [1.29, 1.82) is 10.5 Å². The van der Waals surface area contributed by atoms with Gasteiger partial charge in [0.25, 0.3) is 0 Å². The lowest BCUT2D eigenvalue weighted by molar-refractivity contribution is 0.424. The monoisotopic (exact) mass is 636 g/mol. The molecule has 0 spiro atoms. The highest BCUT2D eigenvalue weighted by Gasteiger charge is 2.43. The molecule has 0 bridgehead atoms. The molecule has 0 fully saturated rings. The summed E-state index contributed by atoms with van der Waals surface area (Å²) in [7, 11) is 0. The molecule has 0 radical (unpaired) electrons. The van der Waals surface area contributed by atoms with E-state index in [4.69, 9.17) is 0 Å². The van der Waals surface area contributed by atoms with Gasteiger partial charge in [0, 0.05) is 25.8 Å². The second-order valence-electron chi connectivity index (χ2n) is 13.2. The third kappa shape index (κ3) is 4.52. The SMILES string of the molecule is CCCC1(CCC)c2cc(=C(C#N)C#N)ccc2=c2cc3c(cc21)=c1ccc(=C2Sc4ccccc4S2)cc1C3(CCC)CCC. The maximum atomic E-state index is 9.72. The van der Waals surface area contributed by atoms with E-state index in [1.165, 1.54) is 62.4 Å². The van der Waals surface area contributed by atoms with Gasteiger partial charge in [0.1, 0.15) is 17.7 Å². The molecule has 1 heterocycles. The van der Waals surface area contributed by atoms with Gasteiger partial charge in [-0.05, 0) is 110 Å². The van der Waals surface area contributed by atoms with E-state index in [1.54, 1.807) is 0 Å². The van der Waals surface area contributed by atoms with Gasteiger partial charge in [-0.2, -0.15) is 10.5 Å². The van der Waals surface area contributed by atoms with Crippen molar-refractivity contribution in [3.05, 3.63) is 126 Å². The molecule has 0 aromatic heterocycles. The minimum Gasteiger partial charge on any atom is -0.192 e. The molecule has 2 nitrogen and oxygen atoms in total. The largest absolute Gasteiger partial charge is 0.192 e. The number of nitriles is 2. The first-order valence-electron chi connectivity index (χ1n) is 17.0. The van der Waals surface area contributed by atoms with E-state index in [0.717, 1.165) is 56.6 Å². The topological polar surface area (TPSA) is 47.6 Å². The van der Waals surface area contributed by atoms with Gasteiger partial charge in [-0.3, -0.25) is 0 Å². The van der Waals surface area contributed by atoms with Crippen molar-refractivity contribution < 1.29 is 0 Å². The molecule has 0 saturated carbocycles. The van der Waals surface area contributed by atoms with Crippen LogP contribution in [0.4, 0.5) is 0 Å². The first-order chi connectivity index (χ1) is 22.5. The Bertz CT molecular complexity index is 2250. The average molecular weight is 637 g/mol. The first-order valence-corrected chi connectivity index (χ1v) is 18.6. The van der Waals surface area contributed by atoms with Crippen LogP contribution in [0.3, 0.4) is 0 Å². The van der Waals surface area contributed by atoms with Gasteiger partial charge >= 0.3 is 0 Å². The molecule has 3 aliphatic rings. The fourth-order valence-corrected chi connectivity index (χ4v) is 11.4. The molecule has 46 heavy (non-hydrogen) atoms. The summed E-state index contributed by atoms with van der Waals surface area (Å²) in [5, 5.41) is 27.0. The molecule has 7 rings (SSSR count). The maximum absolute atomic E-state index is 9.72. The summed E-state index contributed by atoms with van der Waals surface area (Å²) < 4.78 is 1.38. The molecule has 0 N–H and O–H groups in total. The van der Waals surface area contributed by atoms with E-state index >= 15 is 0 Å². The third-order valence-electron chi connectivity index (χ3n) is 10.5. The molecule has 0 atom stereocenters. The van der Waals surface area contributed by atoms with Crippen molar-refractivity contribution in [3.63, 3.8) is 0 Å². The summed E-state index contributed by atoms with van der Waals surface area (Å²) in [6.07, 6.45) is 8.74. The van der Waals surface area contributed by atoms with E-state index in [2.05, 4.69) is 107 Å². The van der Waals surface area contributed by atoms with Crippen LogP contribution < -0.4 is 10.4 Å². The number of hydrogen-bond acceptors (Lipinski definition) is 4. The fourth-order valence-electron chi connectivity index (χ4n) is 8.91. The Balaban J connectivity index is 1.58. The summed E-state index contributed by atoms with van der Waals surface area (Å²) in [6.45, 7) is 9.24. The molecule has 2 aliphatic carbocycles. The van der Waals surface area contributed by atoms with Gasteiger partial charge in [0.05, 0.1) is 4.24 Å². The van der Waals surface area contributed by atoms with Gasteiger partial charge in [0.15, 0.2) is 0 Å². The molecule has 0 saturated heterocycles. The number of fused-ring (bicyclic) bond motifs is 5. The predicted molar refractivity (Wildman–Crippen MR) is 191 cm³/mol. The standard InChI is InChI=1S/C42H40N2S2/c1-5-17-41(18-6-2)34-21-27(29(25-43)26-44)13-15-30(34)32-23-37-33(24-36(32)41)31-16-14-28(22-35(31)42(37,19-7-3)20-8-4)40-45-38-11-9-10-12-39(38)46-40/h9-16,21-24H,5-8,17-20H2,1-4H3. The summed E-state index contributed by atoms with van der Waals surface area (Å²) in [5.41, 5.74) is 5.77. The molecular formula is C42H40N2S2. The van der Waals surface area contributed by atoms with Crippen LogP contribution in [0.15, 0.2) is 82.6 Å². The van der Waals surface area contributed by atoms with Crippen LogP contribution in [0, 0.1) is 43.5 Å². The number of hydrogen-bond donors (Lipinski definition) is 0. The molecule has 4 aromatic carbocycles. The zero-order valence-electron chi connectivity index (χ0n) is 27.3. The molecule has 0 unspecified atom stereocenters. The van der Waals surface area contributed by atoms with Gasteiger partial charge < -0.3 is 0 Å². The van der Waals surface area contributed by atoms with Crippen LogP contribution in [0.2, 0.25) is 0 Å². The smallest absolute Gasteiger partial charge is 0.136 e. The van der Waals surface area contributed by atoms with Crippen molar-refractivity contribution in [2.24, 2.45) is 0 Å². The van der Waals surface area contributed by atoms with E-state index in [0.29, 0.717) is 0 Å². The van der Waals surface area contributed by atoms with E-state index < -0.39 is 0 Å². The Labute approximate surface area is 280 Å². The van der Waals surface area contributed by atoms with Crippen LogP contribution in [-0.4, -0.2) is 0 Å². The second-order valence-corrected chi connectivity index (χ2v) is 15.5. The van der Waals surface area contributed by atoms with E-state index in [1.807, 2.05) is 29.6 Å². The van der Waals surface area contributed by atoms with Crippen molar-refractivity contribution in [2.75, 3.05) is 0 Å². The van der Waals surface area contributed by atoms with Crippen LogP contribution in [0.1, 0.15) is 101 Å². The van der Waals surface area contributed by atoms with Crippen LogP contribution in [-0.2, 0) is 10.8 Å². The highest BCUT2D eigenvalue weighted by atomic mass is 32.2. The Morgan fingerprint density at radius 2 is 1.02 bits per heavy atom. The number of nitrogens with zero attached hydrogens (tertiary/aromatic N) is 2. The van der Waals surface area contributed by atoms with Crippen LogP contribution in [0.5, 0.6) is 0 Å². The normalized spacial score (nSPS) is 15.7. The highest BCUT2D eigenvalue weighted by Crippen LogP contribution is 2.53. The summed E-state index contributed by atoms with van der Waals surface area (Å²) in [5.74, 6) is 0. The second kappa shape index (κ2) is 12.2. The molecule has 1 aliphatic heterocycles. The molecule has 230 valence electrons. The summed E-state index contributed by atoms with van der Waals surface area (Å²) in [6, 6.07) is 31.9. The van der Waals surface area contributed by atoms with Crippen LogP contribution in [0.25, 0.3) is 9.81 Å². The quantitative estimate of drug-likeness (QED) is 0.193. The third-order valence-corrected chi connectivity index (χ3v) is 13.2.